The van der Waals surface area contributed by atoms with Crippen LogP contribution < -0.4 is 5.32 Å². The highest BCUT2D eigenvalue weighted by atomic mass is 32.2. The Hall–Kier alpha value is -0.960. The topological polar surface area (TPSA) is 29.1 Å². The van der Waals surface area contributed by atoms with Crippen molar-refractivity contribution >= 4 is 23.4 Å². The standard InChI is InChI=1S/C13H17NOS/c1-13(2,3)9-4-5-11-10(8-9)14-12(15)6-7-16-11/h4-5,8H,6-7H2,1-3H3,(H,14,15). The summed E-state index contributed by atoms with van der Waals surface area (Å²) in [6.07, 6.45) is 0.601. The Kier molecular flexibility index (Phi) is 2.98. The molecule has 0 saturated carbocycles. The van der Waals surface area contributed by atoms with Crippen LogP contribution in [-0.2, 0) is 10.2 Å². The molecule has 3 heteroatoms. The van der Waals surface area contributed by atoms with Crippen molar-refractivity contribution in [2.24, 2.45) is 0 Å². The average Bonchev–Trinajstić information content (AvgIpc) is 2.35. The van der Waals surface area contributed by atoms with Crippen molar-refractivity contribution in [3.8, 4) is 0 Å². The largest absolute Gasteiger partial charge is 0.325 e. The first-order valence-corrected chi connectivity index (χ1v) is 6.52. The Morgan fingerprint density at radius 2 is 2.06 bits per heavy atom. The molecule has 1 aliphatic rings. The minimum Gasteiger partial charge on any atom is -0.325 e. The average molecular weight is 235 g/mol. The summed E-state index contributed by atoms with van der Waals surface area (Å²) in [5, 5.41) is 2.98. The molecule has 1 amide bonds. The Morgan fingerprint density at radius 3 is 2.75 bits per heavy atom. The lowest BCUT2D eigenvalue weighted by Gasteiger charge is -2.20. The normalized spacial score (nSPS) is 16.3. The molecule has 16 heavy (non-hydrogen) atoms. The van der Waals surface area contributed by atoms with Crippen LogP contribution in [0.1, 0.15) is 32.8 Å². The van der Waals surface area contributed by atoms with E-state index in [9.17, 15) is 4.79 Å². The quantitative estimate of drug-likeness (QED) is 0.746. The van der Waals surface area contributed by atoms with E-state index >= 15 is 0 Å². The molecule has 0 aliphatic carbocycles. The highest BCUT2D eigenvalue weighted by molar-refractivity contribution is 7.99. The van der Waals surface area contributed by atoms with Gasteiger partial charge in [0.25, 0.3) is 0 Å². The fraction of sp³-hybridized carbons (Fsp3) is 0.462. The summed E-state index contributed by atoms with van der Waals surface area (Å²) in [6.45, 7) is 6.54. The van der Waals surface area contributed by atoms with Crippen LogP contribution in [0.2, 0.25) is 0 Å². The van der Waals surface area contributed by atoms with Crippen LogP contribution in [0.15, 0.2) is 23.1 Å². The highest BCUT2D eigenvalue weighted by Gasteiger charge is 2.18. The van der Waals surface area contributed by atoms with Crippen molar-refractivity contribution in [2.45, 2.75) is 37.5 Å². The molecule has 0 fully saturated rings. The van der Waals surface area contributed by atoms with Crippen molar-refractivity contribution in [3.05, 3.63) is 23.8 Å². The van der Waals surface area contributed by atoms with Gasteiger partial charge in [-0.25, -0.2) is 0 Å². The minimum absolute atomic E-state index is 0.122. The lowest BCUT2D eigenvalue weighted by Crippen LogP contribution is -2.13. The molecule has 1 N–H and O–H groups in total. The van der Waals surface area contributed by atoms with Crippen molar-refractivity contribution in [3.63, 3.8) is 0 Å². The summed E-state index contributed by atoms with van der Waals surface area (Å²) in [7, 11) is 0. The van der Waals surface area contributed by atoms with Gasteiger partial charge in [-0.05, 0) is 23.1 Å². The van der Waals surface area contributed by atoms with Crippen LogP contribution >= 0.6 is 11.8 Å². The lowest BCUT2D eigenvalue weighted by molar-refractivity contribution is -0.115. The first-order valence-electron chi connectivity index (χ1n) is 5.54. The Balaban J connectivity index is 2.40. The fourth-order valence-electron chi connectivity index (χ4n) is 1.69. The molecule has 1 aromatic rings. The van der Waals surface area contributed by atoms with E-state index in [1.807, 2.05) is 0 Å². The number of carbonyl (C=O) groups excluding carboxylic acids is 1. The third-order valence-corrected chi connectivity index (χ3v) is 3.78. The van der Waals surface area contributed by atoms with Crippen LogP contribution in [0, 0.1) is 0 Å². The molecule has 0 saturated heterocycles. The van der Waals surface area contributed by atoms with Gasteiger partial charge in [-0.2, -0.15) is 0 Å². The van der Waals surface area contributed by atoms with Gasteiger partial charge in [-0.15, -0.1) is 11.8 Å². The predicted octanol–water partition coefficient (Wildman–Crippen LogP) is 3.42. The van der Waals surface area contributed by atoms with Crippen LogP contribution in [0.5, 0.6) is 0 Å². The third kappa shape index (κ3) is 2.40. The second-order valence-corrected chi connectivity index (χ2v) is 6.24. The van der Waals surface area contributed by atoms with E-state index in [4.69, 9.17) is 0 Å². The summed E-state index contributed by atoms with van der Waals surface area (Å²) < 4.78 is 0. The number of carbonyl (C=O) groups is 1. The first kappa shape index (κ1) is 11.5. The summed E-state index contributed by atoms with van der Waals surface area (Å²) in [4.78, 5) is 12.7. The maximum absolute atomic E-state index is 11.5. The first-order chi connectivity index (χ1) is 7.47. The lowest BCUT2D eigenvalue weighted by atomic mass is 9.87. The van der Waals surface area contributed by atoms with Gasteiger partial charge in [0.05, 0.1) is 5.69 Å². The molecule has 0 atom stereocenters. The molecule has 0 aromatic heterocycles. The van der Waals surface area contributed by atoms with Gasteiger partial charge >= 0.3 is 0 Å². The third-order valence-electron chi connectivity index (χ3n) is 2.71. The number of rotatable bonds is 0. The number of thioether (sulfide) groups is 1. The summed E-state index contributed by atoms with van der Waals surface area (Å²) in [5.74, 6) is 0.991. The molecule has 1 aliphatic heterocycles. The predicted molar refractivity (Wildman–Crippen MR) is 69.1 cm³/mol. The molecule has 0 radical (unpaired) electrons. The van der Waals surface area contributed by atoms with E-state index in [1.54, 1.807) is 11.8 Å². The zero-order valence-corrected chi connectivity index (χ0v) is 10.8. The van der Waals surface area contributed by atoms with E-state index < -0.39 is 0 Å². The highest BCUT2D eigenvalue weighted by Crippen LogP contribution is 2.34. The number of fused-ring (bicyclic) bond motifs is 1. The van der Waals surface area contributed by atoms with Crippen molar-refractivity contribution in [1.82, 2.24) is 0 Å². The zero-order chi connectivity index (χ0) is 11.8. The smallest absolute Gasteiger partial charge is 0.225 e. The van der Waals surface area contributed by atoms with Gasteiger partial charge in [0.1, 0.15) is 0 Å². The molecule has 0 spiro atoms. The molecule has 0 bridgehead atoms. The van der Waals surface area contributed by atoms with Crippen LogP contribution in [0.4, 0.5) is 5.69 Å². The second-order valence-electron chi connectivity index (χ2n) is 5.11. The SMILES string of the molecule is CC(C)(C)c1ccc2c(c1)NC(=O)CCS2. The number of hydrogen-bond donors (Lipinski definition) is 1. The van der Waals surface area contributed by atoms with Gasteiger partial charge in [0.15, 0.2) is 0 Å². The van der Waals surface area contributed by atoms with E-state index in [0.717, 1.165) is 11.4 Å². The summed E-state index contributed by atoms with van der Waals surface area (Å²) in [5.41, 5.74) is 2.35. The molecule has 2 rings (SSSR count). The number of amides is 1. The number of nitrogens with one attached hydrogen (secondary N) is 1. The van der Waals surface area contributed by atoms with Crippen molar-refractivity contribution in [1.29, 1.82) is 0 Å². The van der Waals surface area contributed by atoms with Gasteiger partial charge < -0.3 is 5.32 Å². The van der Waals surface area contributed by atoms with Gasteiger partial charge in [0.2, 0.25) is 5.91 Å². The Morgan fingerprint density at radius 1 is 1.31 bits per heavy atom. The van der Waals surface area contributed by atoms with E-state index in [0.29, 0.717) is 6.42 Å². The molecular weight excluding hydrogens is 218 g/mol. The number of benzene rings is 1. The molecule has 86 valence electrons. The minimum atomic E-state index is 0.122. The molecule has 0 unspecified atom stereocenters. The number of anilines is 1. The van der Waals surface area contributed by atoms with Crippen LogP contribution in [0.25, 0.3) is 0 Å². The van der Waals surface area contributed by atoms with Crippen LogP contribution in [-0.4, -0.2) is 11.7 Å². The number of hydrogen-bond acceptors (Lipinski definition) is 2. The van der Waals surface area contributed by atoms with E-state index in [-0.39, 0.29) is 11.3 Å². The van der Waals surface area contributed by atoms with Crippen molar-refractivity contribution in [2.75, 3.05) is 11.1 Å². The summed E-state index contributed by atoms with van der Waals surface area (Å²) >= 11 is 1.75. The van der Waals surface area contributed by atoms with E-state index in [2.05, 4.69) is 44.3 Å². The van der Waals surface area contributed by atoms with E-state index in [1.165, 1.54) is 10.5 Å². The van der Waals surface area contributed by atoms with Gasteiger partial charge in [-0.3, -0.25) is 4.79 Å². The monoisotopic (exact) mass is 235 g/mol. The zero-order valence-electron chi connectivity index (χ0n) is 9.96. The maximum Gasteiger partial charge on any atom is 0.225 e. The fourth-order valence-corrected chi connectivity index (χ4v) is 2.62. The van der Waals surface area contributed by atoms with Gasteiger partial charge in [0, 0.05) is 17.1 Å². The summed E-state index contributed by atoms with van der Waals surface area (Å²) in [6, 6.07) is 6.38. The van der Waals surface area contributed by atoms with Gasteiger partial charge in [-0.1, -0.05) is 26.8 Å². The van der Waals surface area contributed by atoms with Crippen molar-refractivity contribution < 1.29 is 4.79 Å². The Bertz CT molecular complexity index is 420. The maximum atomic E-state index is 11.5. The Labute approximate surface area is 101 Å². The molecule has 2 nitrogen and oxygen atoms in total. The van der Waals surface area contributed by atoms with Crippen LogP contribution in [0.3, 0.4) is 0 Å². The second kappa shape index (κ2) is 4.13. The molecule has 1 aromatic carbocycles. The molecular formula is C13H17NOS. The molecule has 1 heterocycles.